The van der Waals surface area contributed by atoms with Crippen LogP contribution in [0.2, 0.25) is 0 Å². The molecule has 0 aromatic rings. The molecule has 1 aliphatic carbocycles. The van der Waals surface area contributed by atoms with E-state index in [0.29, 0.717) is 12.2 Å². The SMILES string of the molecule is CCCCC[C@@H]1C=C2CCCCC2O1. The van der Waals surface area contributed by atoms with Crippen LogP contribution in [0, 0.1) is 0 Å². The molecule has 1 nitrogen and oxygen atoms in total. The van der Waals surface area contributed by atoms with Crippen molar-refractivity contribution in [2.24, 2.45) is 0 Å². The summed E-state index contributed by atoms with van der Waals surface area (Å²) in [6.45, 7) is 2.26. The predicted molar refractivity (Wildman–Crippen MR) is 59.4 cm³/mol. The summed E-state index contributed by atoms with van der Waals surface area (Å²) in [7, 11) is 0. The van der Waals surface area contributed by atoms with E-state index in [0.717, 1.165) is 0 Å². The largest absolute Gasteiger partial charge is 0.367 e. The maximum Gasteiger partial charge on any atom is 0.0794 e. The molecule has 80 valence electrons. The standard InChI is InChI=1S/C13H22O/c1-2-3-4-8-12-10-11-7-5-6-9-13(11)14-12/h10,12-13H,2-9H2,1H3/t12-,13?/m1/s1. The lowest BCUT2D eigenvalue weighted by atomic mass is 9.93. The lowest BCUT2D eigenvalue weighted by Gasteiger charge is -2.20. The maximum absolute atomic E-state index is 6.02. The topological polar surface area (TPSA) is 9.23 Å². The summed E-state index contributed by atoms with van der Waals surface area (Å²) in [5, 5.41) is 0. The Morgan fingerprint density at radius 1 is 1.36 bits per heavy atom. The van der Waals surface area contributed by atoms with Crippen LogP contribution in [0.4, 0.5) is 0 Å². The Morgan fingerprint density at radius 3 is 3.07 bits per heavy atom. The molecule has 1 heteroatoms. The number of unbranched alkanes of at least 4 members (excludes halogenated alkanes) is 2. The van der Waals surface area contributed by atoms with Crippen molar-refractivity contribution < 1.29 is 4.74 Å². The van der Waals surface area contributed by atoms with Crippen LogP contribution < -0.4 is 0 Å². The van der Waals surface area contributed by atoms with Crippen molar-refractivity contribution in [2.75, 3.05) is 0 Å². The van der Waals surface area contributed by atoms with E-state index in [1.54, 1.807) is 5.57 Å². The van der Waals surface area contributed by atoms with E-state index in [1.807, 2.05) is 0 Å². The Hall–Kier alpha value is -0.300. The fourth-order valence-electron chi connectivity index (χ4n) is 2.59. The van der Waals surface area contributed by atoms with E-state index in [2.05, 4.69) is 13.0 Å². The van der Waals surface area contributed by atoms with E-state index in [-0.39, 0.29) is 0 Å². The van der Waals surface area contributed by atoms with E-state index >= 15 is 0 Å². The van der Waals surface area contributed by atoms with E-state index < -0.39 is 0 Å². The van der Waals surface area contributed by atoms with E-state index in [1.165, 1.54) is 51.4 Å². The van der Waals surface area contributed by atoms with Gasteiger partial charge in [-0.25, -0.2) is 0 Å². The summed E-state index contributed by atoms with van der Waals surface area (Å²) in [6, 6.07) is 0. The first kappa shape index (κ1) is 10.2. The Kier molecular flexibility index (Phi) is 3.63. The van der Waals surface area contributed by atoms with Crippen LogP contribution in [0.5, 0.6) is 0 Å². The molecule has 0 amide bonds. The third-order valence-electron chi connectivity index (χ3n) is 3.43. The number of fused-ring (bicyclic) bond motifs is 1. The Balaban J connectivity index is 1.77. The van der Waals surface area contributed by atoms with Gasteiger partial charge in [0.05, 0.1) is 12.2 Å². The number of hydrogen-bond donors (Lipinski definition) is 0. The zero-order valence-electron chi connectivity index (χ0n) is 9.30. The van der Waals surface area contributed by atoms with Gasteiger partial charge in [0.25, 0.3) is 0 Å². The van der Waals surface area contributed by atoms with Crippen LogP contribution in [-0.4, -0.2) is 12.2 Å². The van der Waals surface area contributed by atoms with Gasteiger partial charge in [-0.05, 0) is 31.3 Å². The second kappa shape index (κ2) is 4.97. The normalized spacial score (nSPS) is 31.4. The zero-order chi connectivity index (χ0) is 9.80. The quantitative estimate of drug-likeness (QED) is 0.488. The third-order valence-corrected chi connectivity index (χ3v) is 3.43. The van der Waals surface area contributed by atoms with Gasteiger partial charge in [0, 0.05) is 0 Å². The highest BCUT2D eigenvalue weighted by molar-refractivity contribution is 5.18. The smallest absolute Gasteiger partial charge is 0.0794 e. The number of hydrogen-bond acceptors (Lipinski definition) is 1. The van der Waals surface area contributed by atoms with Crippen LogP contribution in [0.15, 0.2) is 11.6 Å². The highest BCUT2D eigenvalue weighted by atomic mass is 16.5. The molecule has 0 radical (unpaired) electrons. The van der Waals surface area contributed by atoms with Gasteiger partial charge in [0.1, 0.15) is 0 Å². The Labute approximate surface area is 87.5 Å². The second-order valence-corrected chi connectivity index (χ2v) is 4.65. The van der Waals surface area contributed by atoms with Crippen molar-refractivity contribution in [2.45, 2.75) is 70.5 Å². The average molecular weight is 194 g/mol. The number of ether oxygens (including phenoxy) is 1. The van der Waals surface area contributed by atoms with Crippen LogP contribution >= 0.6 is 0 Å². The maximum atomic E-state index is 6.02. The minimum atomic E-state index is 0.458. The molecule has 0 spiro atoms. The molecule has 2 rings (SSSR count). The summed E-state index contributed by atoms with van der Waals surface area (Å²) in [6.07, 6.45) is 13.9. The molecule has 14 heavy (non-hydrogen) atoms. The van der Waals surface area contributed by atoms with Crippen molar-refractivity contribution in [1.29, 1.82) is 0 Å². The fourth-order valence-corrected chi connectivity index (χ4v) is 2.59. The second-order valence-electron chi connectivity index (χ2n) is 4.65. The molecule has 1 unspecified atom stereocenters. The summed E-state index contributed by atoms with van der Waals surface area (Å²) >= 11 is 0. The molecular formula is C13H22O. The van der Waals surface area contributed by atoms with Gasteiger partial charge in [-0.1, -0.05) is 38.7 Å². The third kappa shape index (κ3) is 2.38. The van der Waals surface area contributed by atoms with Crippen molar-refractivity contribution in [3.63, 3.8) is 0 Å². The molecule has 1 aliphatic heterocycles. The average Bonchev–Trinajstić information content (AvgIpc) is 2.60. The van der Waals surface area contributed by atoms with Gasteiger partial charge in [-0.2, -0.15) is 0 Å². The van der Waals surface area contributed by atoms with Gasteiger partial charge < -0.3 is 4.74 Å². The number of rotatable bonds is 4. The Bertz CT molecular complexity index is 207. The molecule has 0 saturated heterocycles. The zero-order valence-corrected chi connectivity index (χ0v) is 9.30. The molecule has 2 aliphatic rings. The van der Waals surface area contributed by atoms with Gasteiger partial charge >= 0.3 is 0 Å². The molecular weight excluding hydrogens is 172 g/mol. The lowest BCUT2D eigenvalue weighted by Crippen LogP contribution is -2.17. The highest BCUT2D eigenvalue weighted by Crippen LogP contribution is 2.33. The highest BCUT2D eigenvalue weighted by Gasteiger charge is 2.28. The molecule has 2 atom stereocenters. The summed E-state index contributed by atoms with van der Waals surface area (Å²) < 4.78 is 6.02. The van der Waals surface area contributed by atoms with Crippen LogP contribution in [-0.2, 0) is 4.74 Å². The minimum absolute atomic E-state index is 0.458. The molecule has 0 N–H and O–H groups in total. The Morgan fingerprint density at radius 2 is 2.29 bits per heavy atom. The minimum Gasteiger partial charge on any atom is -0.367 e. The van der Waals surface area contributed by atoms with Crippen molar-refractivity contribution in [1.82, 2.24) is 0 Å². The first-order chi connectivity index (χ1) is 6.90. The predicted octanol–water partition coefficient (Wildman–Crippen LogP) is 3.83. The van der Waals surface area contributed by atoms with E-state index in [4.69, 9.17) is 4.74 Å². The monoisotopic (exact) mass is 194 g/mol. The molecule has 0 bridgehead atoms. The van der Waals surface area contributed by atoms with Crippen LogP contribution in [0.1, 0.15) is 58.3 Å². The fraction of sp³-hybridized carbons (Fsp3) is 0.846. The van der Waals surface area contributed by atoms with Gasteiger partial charge in [0.15, 0.2) is 0 Å². The van der Waals surface area contributed by atoms with Crippen LogP contribution in [0.3, 0.4) is 0 Å². The summed E-state index contributed by atoms with van der Waals surface area (Å²) in [5.74, 6) is 0. The molecule has 0 aromatic carbocycles. The van der Waals surface area contributed by atoms with Gasteiger partial charge in [0.2, 0.25) is 0 Å². The summed E-state index contributed by atoms with van der Waals surface area (Å²) in [4.78, 5) is 0. The van der Waals surface area contributed by atoms with Crippen molar-refractivity contribution in [3.8, 4) is 0 Å². The van der Waals surface area contributed by atoms with Crippen LogP contribution in [0.25, 0.3) is 0 Å². The first-order valence-corrected chi connectivity index (χ1v) is 6.26. The molecule has 1 fully saturated rings. The summed E-state index contributed by atoms with van der Waals surface area (Å²) in [5.41, 5.74) is 1.61. The van der Waals surface area contributed by atoms with Crippen molar-refractivity contribution in [3.05, 3.63) is 11.6 Å². The molecule has 1 saturated carbocycles. The molecule has 1 heterocycles. The lowest BCUT2D eigenvalue weighted by molar-refractivity contribution is 0.0388. The first-order valence-electron chi connectivity index (χ1n) is 6.26. The van der Waals surface area contributed by atoms with Gasteiger partial charge in [-0.15, -0.1) is 0 Å². The van der Waals surface area contributed by atoms with Crippen molar-refractivity contribution >= 4 is 0 Å². The van der Waals surface area contributed by atoms with E-state index in [9.17, 15) is 0 Å². The molecule has 0 aromatic heterocycles. The van der Waals surface area contributed by atoms with Gasteiger partial charge in [-0.3, -0.25) is 0 Å².